The van der Waals surface area contributed by atoms with Gasteiger partial charge in [0.25, 0.3) is 5.56 Å². The second-order valence-corrected chi connectivity index (χ2v) is 9.54. The van der Waals surface area contributed by atoms with Gasteiger partial charge in [-0.15, -0.1) is 11.3 Å². The van der Waals surface area contributed by atoms with E-state index in [9.17, 15) is 18.0 Å². The molecule has 1 saturated heterocycles. The van der Waals surface area contributed by atoms with Gasteiger partial charge < -0.3 is 4.90 Å². The maximum Gasteiger partial charge on any atom is 0.262 e. The van der Waals surface area contributed by atoms with Crippen molar-refractivity contribution >= 4 is 37.3 Å². The van der Waals surface area contributed by atoms with Crippen molar-refractivity contribution in [3.63, 3.8) is 0 Å². The fraction of sp³-hybridized carbons (Fsp3) is 0.562. The molecule has 136 valence electrons. The molecule has 7 nitrogen and oxygen atoms in total. The maximum atomic E-state index is 12.6. The summed E-state index contributed by atoms with van der Waals surface area (Å²) in [5, 5.41) is 0.531. The van der Waals surface area contributed by atoms with Crippen LogP contribution in [-0.4, -0.2) is 52.9 Å². The summed E-state index contributed by atoms with van der Waals surface area (Å²) in [4.78, 5) is 32.8. The Hall–Kier alpha value is -1.74. The van der Waals surface area contributed by atoms with E-state index in [1.54, 1.807) is 4.90 Å². The second-order valence-electron chi connectivity index (χ2n) is 6.20. The summed E-state index contributed by atoms with van der Waals surface area (Å²) in [7, 11) is -3.07. The Bertz CT molecular complexity index is 961. The smallest absolute Gasteiger partial charge is 0.262 e. The van der Waals surface area contributed by atoms with Crippen molar-refractivity contribution < 1.29 is 13.2 Å². The zero-order valence-corrected chi connectivity index (χ0v) is 15.9. The highest BCUT2D eigenvalue weighted by Gasteiger charge is 2.33. The first kappa shape index (κ1) is 18.1. The van der Waals surface area contributed by atoms with Gasteiger partial charge in [0, 0.05) is 17.5 Å². The van der Waals surface area contributed by atoms with Gasteiger partial charge in [-0.2, -0.15) is 0 Å². The average Bonchev–Trinajstić information content (AvgIpc) is 3.14. The number of likely N-dealkylation sites (N-methyl/N-ethyl adjacent to an activating group) is 1. The molecule has 1 amide bonds. The topological polar surface area (TPSA) is 89.3 Å². The normalized spacial score (nSPS) is 19.4. The Kier molecular flexibility index (Phi) is 4.97. The molecule has 3 rings (SSSR count). The van der Waals surface area contributed by atoms with Crippen molar-refractivity contribution in [1.29, 1.82) is 0 Å². The van der Waals surface area contributed by atoms with Crippen molar-refractivity contribution in [3.8, 4) is 0 Å². The lowest BCUT2D eigenvalue weighted by Crippen LogP contribution is -2.43. The van der Waals surface area contributed by atoms with Crippen LogP contribution in [0.4, 0.5) is 0 Å². The Morgan fingerprint density at radius 1 is 1.44 bits per heavy atom. The standard InChI is InChI=1S/C16H21N3O4S2/c1-3-12-7-13-15(24-12)17-10-18(16(13)21)8-14(20)19(4-2)11-5-6-25(22,23)9-11/h7,10-11H,3-6,8-9H2,1-2H3. The number of carbonyl (C=O) groups excluding carboxylic acids is 1. The first-order chi connectivity index (χ1) is 11.8. The first-order valence-electron chi connectivity index (χ1n) is 8.32. The van der Waals surface area contributed by atoms with E-state index < -0.39 is 9.84 Å². The summed E-state index contributed by atoms with van der Waals surface area (Å²) < 4.78 is 24.7. The molecule has 0 radical (unpaired) electrons. The molecule has 0 bridgehead atoms. The Morgan fingerprint density at radius 3 is 2.80 bits per heavy atom. The van der Waals surface area contributed by atoms with Gasteiger partial charge in [-0.05, 0) is 25.8 Å². The number of amides is 1. The quantitative estimate of drug-likeness (QED) is 0.770. The minimum Gasteiger partial charge on any atom is -0.337 e. The molecule has 0 N–H and O–H groups in total. The van der Waals surface area contributed by atoms with E-state index in [2.05, 4.69) is 4.98 Å². The molecule has 1 fully saturated rings. The first-order valence-corrected chi connectivity index (χ1v) is 11.0. The number of hydrogen-bond acceptors (Lipinski definition) is 6. The van der Waals surface area contributed by atoms with Crippen LogP contribution in [0, 0.1) is 0 Å². The molecule has 1 unspecified atom stereocenters. The predicted octanol–water partition coefficient (Wildman–Crippen LogP) is 1.06. The number of hydrogen-bond donors (Lipinski definition) is 0. The highest BCUT2D eigenvalue weighted by Crippen LogP contribution is 2.21. The van der Waals surface area contributed by atoms with Gasteiger partial charge in [0.15, 0.2) is 9.84 Å². The Balaban J connectivity index is 1.83. The van der Waals surface area contributed by atoms with Crippen LogP contribution in [0.1, 0.15) is 25.1 Å². The molecule has 9 heteroatoms. The molecule has 1 atom stereocenters. The number of thiophene rings is 1. The minimum absolute atomic E-state index is 0.00313. The fourth-order valence-electron chi connectivity index (χ4n) is 3.19. The third-order valence-electron chi connectivity index (χ3n) is 4.53. The molecule has 0 aromatic carbocycles. The number of aromatic nitrogens is 2. The van der Waals surface area contributed by atoms with Crippen molar-refractivity contribution in [2.45, 2.75) is 39.3 Å². The molecule has 2 aromatic rings. The molecule has 0 spiro atoms. The number of fused-ring (bicyclic) bond motifs is 1. The van der Waals surface area contributed by atoms with Crippen LogP contribution in [0.15, 0.2) is 17.2 Å². The number of carbonyl (C=O) groups is 1. The molecule has 0 aliphatic carbocycles. The van der Waals surface area contributed by atoms with E-state index in [0.717, 1.165) is 11.3 Å². The second kappa shape index (κ2) is 6.87. The molecule has 0 saturated carbocycles. The Labute approximate surface area is 150 Å². The van der Waals surface area contributed by atoms with Gasteiger partial charge in [0.05, 0.1) is 23.2 Å². The van der Waals surface area contributed by atoms with Crippen LogP contribution in [0.3, 0.4) is 0 Å². The lowest BCUT2D eigenvalue weighted by atomic mass is 10.2. The van der Waals surface area contributed by atoms with Crippen LogP contribution < -0.4 is 5.56 Å². The summed E-state index contributed by atoms with van der Waals surface area (Å²) >= 11 is 1.48. The van der Waals surface area contributed by atoms with Crippen molar-refractivity contribution in [2.75, 3.05) is 18.1 Å². The lowest BCUT2D eigenvalue weighted by molar-refractivity contribution is -0.133. The van der Waals surface area contributed by atoms with Gasteiger partial charge in [0.1, 0.15) is 11.4 Å². The fourth-order valence-corrected chi connectivity index (χ4v) is 5.85. The van der Waals surface area contributed by atoms with Gasteiger partial charge >= 0.3 is 0 Å². The number of nitrogens with zero attached hydrogens (tertiary/aromatic N) is 3. The molecular formula is C16H21N3O4S2. The van der Waals surface area contributed by atoms with Crippen molar-refractivity contribution in [1.82, 2.24) is 14.5 Å². The van der Waals surface area contributed by atoms with Crippen molar-refractivity contribution in [2.24, 2.45) is 0 Å². The molecular weight excluding hydrogens is 362 g/mol. The zero-order chi connectivity index (χ0) is 18.2. The highest BCUT2D eigenvalue weighted by atomic mass is 32.2. The van der Waals surface area contributed by atoms with E-state index >= 15 is 0 Å². The summed E-state index contributed by atoms with van der Waals surface area (Å²) in [5.74, 6) is -0.133. The third kappa shape index (κ3) is 3.62. The molecule has 1 aliphatic rings. The maximum absolute atomic E-state index is 12.6. The van der Waals surface area contributed by atoms with Gasteiger partial charge in [0.2, 0.25) is 5.91 Å². The van der Waals surface area contributed by atoms with Gasteiger partial charge in [-0.25, -0.2) is 13.4 Å². The van der Waals surface area contributed by atoms with E-state index in [1.807, 2.05) is 19.9 Å². The largest absolute Gasteiger partial charge is 0.337 e. The molecule has 1 aliphatic heterocycles. The average molecular weight is 383 g/mol. The molecule has 3 heterocycles. The van der Waals surface area contributed by atoms with E-state index in [0.29, 0.717) is 23.2 Å². The lowest BCUT2D eigenvalue weighted by Gasteiger charge is -2.27. The van der Waals surface area contributed by atoms with Gasteiger partial charge in [-0.1, -0.05) is 6.92 Å². The summed E-state index contributed by atoms with van der Waals surface area (Å²) in [6.45, 7) is 4.13. The summed E-state index contributed by atoms with van der Waals surface area (Å²) in [6, 6.07) is 1.53. The highest BCUT2D eigenvalue weighted by molar-refractivity contribution is 7.91. The van der Waals surface area contributed by atoms with E-state index in [-0.39, 0.29) is 35.6 Å². The van der Waals surface area contributed by atoms with Crippen LogP contribution in [0.2, 0.25) is 0 Å². The number of aryl methyl sites for hydroxylation is 1. The Morgan fingerprint density at radius 2 is 2.20 bits per heavy atom. The number of sulfone groups is 1. The van der Waals surface area contributed by atoms with Crippen LogP contribution in [0.25, 0.3) is 10.2 Å². The zero-order valence-electron chi connectivity index (χ0n) is 14.3. The van der Waals surface area contributed by atoms with E-state index in [4.69, 9.17) is 0 Å². The van der Waals surface area contributed by atoms with Crippen molar-refractivity contribution in [3.05, 3.63) is 27.6 Å². The predicted molar refractivity (Wildman–Crippen MR) is 97.7 cm³/mol. The van der Waals surface area contributed by atoms with Gasteiger partial charge in [-0.3, -0.25) is 14.2 Å². The van der Waals surface area contributed by atoms with Crippen LogP contribution >= 0.6 is 11.3 Å². The molecule has 2 aromatic heterocycles. The number of rotatable bonds is 5. The monoisotopic (exact) mass is 383 g/mol. The summed E-state index contributed by atoms with van der Waals surface area (Å²) in [5.41, 5.74) is -0.232. The van der Waals surface area contributed by atoms with E-state index in [1.165, 1.54) is 22.2 Å². The molecule has 25 heavy (non-hydrogen) atoms. The van der Waals surface area contributed by atoms with Crippen LogP contribution in [0.5, 0.6) is 0 Å². The third-order valence-corrected chi connectivity index (χ3v) is 7.47. The minimum atomic E-state index is -3.07. The SMILES string of the molecule is CCc1cc2c(=O)n(CC(=O)N(CC)C3CCS(=O)(=O)C3)cnc2s1. The summed E-state index contributed by atoms with van der Waals surface area (Å²) in [6.07, 6.45) is 2.69. The van der Waals surface area contributed by atoms with Crippen LogP contribution in [-0.2, 0) is 27.6 Å².